The van der Waals surface area contributed by atoms with Crippen molar-refractivity contribution in [2.75, 3.05) is 18.0 Å². The first-order valence-corrected chi connectivity index (χ1v) is 6.11. The van der Waals surface area contributed by atoms with Crippen LogP contribution in [-0.2, 0) is 4.74 Å². The van der Waals surface area contributed by atoms with E-state index in [1.165, 1.54) is 6.20 Å². The molecule has 1 atom stereocenters. The number of primary amides is 1. The van der Waals surface area contributed by atoms with Gasteiger partial charge in [-0.2, -0.15) is 5.26 Å². The molecule has 0 aromatic carbocycles. The van der Waals surface area contributed by atoms with E-state index in [2.05, 4.69) is 9.97 Å². The predicted molar refractivity (Wildman–Crippen MR) is 67.7 cm³/mol. The Morgan fingerprint density at radius 2 is 2.47 bits per heavy atom. The van der Waals surface area contributed by atoms with E-state index in [0.29, 0.717) is 12.4 Å². The number of hydrogen-bond donors (Lipinski definition) is 1. The number of nitrogens with zero attached hydrogens (tertiary/aromatic N) is 4. The summed E-state index contributed by atoms with van der Waals surface area (Å²) >= 11 is 5.84. The molecule has 0 radical (unpaired) electrons. The van der Waals surface area contributed by atoms with Crippen molar-refractivity contribution < 1.29 is 9.53 Å². The van der Waals surface area contributed by atoms with E-state index in [1.807, 2.05) is 11.0 Å². The number of ether oxygens (including phenoxy) is 1. The van der Waals surface area contributed by atoms with Crippen molar-refractivity contribution in [3.8, 4) is 6.07 Å². The molecular formula is C11H12ClN5O2. The standard InChI is InChI=1S/C11H12ClN5O2/c12-10-8(4-13)15-5-9(16-10)17-3-1-2-7(6-17)19-11(14)18/h5,7H,1-3,6H2,(H2,14,18). The number of anilines is 1. The Hall–Kier alpha value is -2.07. The molecule has 0 spiro atoms. The normalized spacial score (nSPS) is 18.7. The van der Waals surface area contributed by atoms with Gasteiger partial charge in [0.05, 0.1) is 12.7 Å². The third-order valence-electron chi connectivity index (χ3n) is 2.81. The Balaban J connectivity index is 2.11. The van der Waals surface area contributed by atoms with Gasteiger partial charge in [0.15, 0.2) is 10.8 Å². The van der Waals surface area contributed by atoms with Crippen LogP contribution in [0.15, 0.2) is 6.20 Å². The highest BCUT2D eigenvalue weighted by molar-refractivity contribution is 6.30. The number of amides is 1. The zero-order valence-electron chi connectivity index (χ0n) is 10.0. The zero-order valence-corrected chi connectivity index (χ0v) is 10.8. The minimum absolute atomic E-state index is 0.0675. The van der Waals surface area contributed by atoms with Crippen molar-refractivity contribution >= 4 is 23.5 Å². The Labute approximate surface area is 114 Å². The molecule has 0 bridgehead atoms. The first-order chi connectivity index (χ1) is 9.10. The fourth-order valence-corrected chi connectivity index (χ4v) is 2.17. The highest BCUT2D eigenvalue weighted by Gasteiger charge is 2.24. The van der Waals surface area contributed by atoms with Gasteiger partial charge < -0.3 is 15.4 Å². The van der Waals surface area contributed by atoms with Gasteiger partial charge in [-0.3, -0.25) is 0 Å². The molecule has 1 aromatic heterocycles. The molecule has 2 N–H and O–H groups in total. The largest absolute Gasteiger partial charge is 0.445 e. The van der Waals surface area contributed by atoms with E-state index in [1.54, 1.807) is 0 Å². The van der Waals surface area contributed by atoms with Crippen molar-refractivity contribution in [3.05, 3.63) is 17.0 Å². The zero-order chi connectivity index (χ0) is 13.8. The molecule has 1 unspecified atom stereocenters. The maximum absolute atomic E-state index is 10.7. The summed E-state index contributed by atoms with van der Waals surface area (Å²) in [4.78, 5) is 20.7. The minimum Gasteiger partial charge on any atom is -0.445 e. The average Bonchev–Trinajstić information content (AvgIpc) is 2.38. The first-order valence-electron chi connectivity index (χ1n) is 5.74. The van der Waals surface area contributed by atoms with Crippen molar-refractivity contribution in [1.82, 2.24) is 9.97 Å². The lowest BCUT2D eigenvalue weighted by molar-refractivity contribution is 0.0964. The summed E-state index contributed by atoms with van der Waals surface area (Å²) in [5, 5.41) is 8.81. The van der Waals surface area contributed by atoms with Crippen LogP contribution in [0.3, 0.4) is 0 Å². The van der Waals surface area contributed by atoms with Crippen LogP contribution in [0, 0.1) is 11.3 Å². The highest BCUT2D eigenvalue weighted by Crippen LogP contribution is 2.21. The van der Waals surface area contributed by atoms with Crippen LogP contribution < -0.4 is 10.6 Å². The number of halogens is 1. The van der Waals surface area contributed by atoms with E-state index in [0.717, 1.165) is 19.4 Å². The molecule has 1 saturated heterocycles. The van der Waals surface area contributed by atoms with E-state index in [4.69, 9.17) is 27.3 Å². The predicted octanol–water partition coefficient (Wildman–Crippen LogP) is 1.07. The topological polar surface area (TPSA) is 105 Å². The Morgan fingerprint density at radius 3 is 3.11 bits per heavy atom. The van der Waals surface area contributed by atoms with E-state index < -0.39 is 6.09 Å². The average molecular weight is 282 g/mol. The van der Waals surface area contributed by atoms with Crippen molar-refractivity contribution in [2.45, 2.75) is 18.9 Å². The summed E-state index contributed by atoms with van der Waals surface area (Å²) in [6.45, 7) is 1.25. The second kappa shape index (κ2) is 5.71. The van der Waals surface area contributed by atoms with Gasteiger partial charge in [0, 0.05) is 6.54 Å². The lowest BCUT2D eigenvalue weighted by atomic mass is 10.1. The number of nitrogens with two attached hydrogens (primary N) is 1. The van der Waals surface area contributed by atoms with Gasteiger partial charge in [0.2, 0.25) is 0 Å². The maximum atomic E-state index is 10.7. The lowest BCUT2D eigenvalue weighted by Crippen LogP contribution is -2.41. The van der Waals surface area contributed by atoms with E-state index in [9.17, 15) is 4.79 Å². The summed E-state index contributed by atoms with van der Waals surface area (Å²) in [6, 6.07) is 1.85. The molecule has 8 heteroatoms. The molecule has 1 amide bonds. The summed E-state index contributed by atoms with van der Waals surface area (Å²) in [6.07, 6.45) is 2.05. The van der Waals surface area contributed by atoms with Gasteiger partial charge in [0.1, 0.15) is 18.0 Å². The Kier molecular flexibility index (Phi) is 4.02. The quantitative estimate of drug-likeness (QED) is 0.869. The molecule has 2 heterocycles. The molecule has 2 rings (SSSR count). The van der Waals surface area contributed by atoms with Gasteiger partial charge >= 0.3 is 6.09 Å². The van der Waals surface area contributed by atoms with Gasteiger partial charge in [0.25, 0.3) is 0 Å². The molecule has 19 heavy (non-hydrogen) atoms. The van der Waals surface area contributed by atoms with Crippen LogP contribution in [-0.4, -0.2) is 35.3 Å². The first kappa shape index (κ1) is 13.4. The Bertz CT molecular complexity index is 530. The molecule has 1 aromatic rings. The molecule has 0 saturated carbocycles. The monoisotopic (exact) mass is 281 g/mol. The van der Waals surface area contributed by atoms with Crippen LogP contribution in [0.4, 0.5) is 10.6 Å². The van der Waals surface area contributed by atoms with Gasteiger partial charge in [-0.15, -0.1) is 0 Å². The third kappa shape index (κ3) is 3.23. The summed E-state index contributed by atoms with van der Waals surface area (Å²) in [7, 11) is 0. The summed E-state index contributed by atoms with van der Waals surface area (Å²) in [5.41, 5.74) is 5.09. The fourth-order valence-electron chi connectivity index (χ4n) is 1.99. The van der Waals surface area contributed by atoms with Crippen molar-refractivity contribution in [2.24, 2.45) is 5.73 Å². The van der Waals surface area contributed by atoms with E-state index >= 15 is 0 Å². The smallest absolute Gasteiger partial charge is 0.404 e. The molecule has 1 aliphatic rings. The molecule has 0 aliphatic carbocycles. The summed E-state index contributed by atoms with van der Waals surface area (Å²) in [5.74, 6) is 0.557. The number of carbonyl (C=O) groups excluding carboxylic acids is 1. The van der Waals surface area contributed by atoms with Crippen LogP contribution in [0.5, 0.6) is 0 Å². The second-order valence-electron chi connectivity index (χ2n) is 4.13. The molecule has 1 aliphatic heterocycles. The summed E-state index contributed by atoms with van der Waals surface area (Å²) < 4.78 is 4.98. The molecule has 7 nitrogen and oxygen atoms in total. The maximum Gasteiger partial charge on any atom is 0.404 e. The van der Waals surface area contributed by atoms with Crippen molar-refractivity contribution in [1.29, 1.82) is 5.26 Å². The van der Waals surface area contributed by atoms with Crippen LogP contribution in [0.25, 0.3) is 0 Å². The third-order valence-corrected chi connectivity index (χ3v) is 3.07. The van der Waals surface area contributed by atoms with Gasteiger partial charge in [-0.05, 0) is 12.8 Å². The minimum atomic E-state index is -0.782. The lowest BCUT2D eigenvalue weighted by Gasteiger charge is -2.32. The SMILES string of the molecule is N#Cc1ncc(N2CCCC(OC(N)=O)C2)nc1Cl. The van der Waals surface area contributed by atoms with E-state index in [-0.39, 0.29) is 17.0 Å². The van der Waals surface area contributed by atoms with Gasteiger partial charge in [-0.1, -0.05) is 11.6 Å². The number of hydrogen-bond acceptors (Lipinski definition) is 6. The van der Waals surface area contributed by atoms with Crippen LogP contribution in [0.2, 0.25) is 5.15 Å². The van der Waals surface area contributed by atoms with Crippen LogP contribution in [0.1, 0.15) is 18.5 Å². The fraction of sp³-hybridized carbons (Fsp3) is 0.455. The number of carbonyl (C=O) groups is 1. The second-order valence-corrected chi connectivity index (χ2v) is 4.48. The van der Waals surface area contributed by atoms with Gasteiger partial charge in [-0.25, -0.2) is 14.8 Å². The molecule has 1 fully saturated rings. The molecular weight excluding hydrogens is 270 g/mol. The highest BCUT2D eigenvalue weighted by atomic mass is 35.5. The van der Waals surface area contributed by atoms with Crippen LogP contribution >= 0.6 is 11.6 Å². The van der Waals surface area contributed by atoms with Crippen molar-refractivity contribution in [3.63, 3.8) is 0 Å². The number of piperidine rings is 1. The molecule has 100 valence electrons. The Morgan fingerprint density at radius 1 is 1.68 bits per heavy atom. The number of aromatic nitrogens is 2. The number of nitriles is 1. The number of rotatable bonds is 2.